The van der Waals surface area contributed by atoms with Gasteiger partial charge in [0.1, 0.15) is 5.75 Å². The molecule has 0 aromatic heterocycles. The molecule has 0 saturated heterocycles. The Kier molecular flexibility index (Phi) is 4.44. The quantitative estimate of drug-likeness (QED) is 0.826. The number of amides is 1. The monoisotopic (exact) mass is 268 g/mol. The molecule has 1 aromatic carbocycles. The smallest absolute Gasteiger partial charge is 0.234 e. The van der Waals surface area contributed by atoms with E-state index in [0.29, 0.717) is 29.9 Å². The highest BCUT2D eigenvalue weighted by Crippen LogP contribution is 2.22. The van der Waals surface area contributed by atoms with Crippen molar-refractivity contribution in [3.63, 3.8) is 0 Å². The first-order valence-electron chi connectivity index (χ1n) is 6.01. The van der Waals surface area contributed by atoms with Crippen LogP contribution in [0.25, 0.3) is 0 Å². The molecule has 1 saturated carbocycles. The fourth-order valence-electron chi connectivity index (χ4n) is 1.58. The van der Waals surface area contributed by atoms with Gasteiger partial charge in [0.05, 0.1) is 13.7 Å². The van der Waals surface area contributed by atoms with Gasteiger partial charge in [-0.3, -0.25) is 4.79 Å². The molecule has 2 rings (SSSR count). The fraction of sp³-hybridized carbons (Fsp3) is 0.462. The van der Waals surface area contributed by atoms with Gasteiger partial charge in [0, 0.05) is 17.6 Å². The third-order valence-corrected chi connectivity index (χ3v) is 3.22. The van der Waals surface area contributed by atoms with Crippen LogP contribution in [0.2, 0.25) is 5.02 Å². The van der Waals surface area contributed by atoms with E-state index in [9.17, 15) is 4.79 Å². The summed E-state index contributed by atoms with van der Waals surface area (Å²) in [4.78, 5) is 11.5. The number of nitrogens with one attached hydrogen (secondary N) is 2. The molecule has 1 aliphatic rings. The van der Waals surface area contributed by atoms with Gasteiger partial charge in [-0.2, -0.15) is 0 Å². The maximum atomic E-state index is 11.5. The van der Waals surface area contributed by atoms with Crippen molar-refractivity contribution in [2.75, 3.05) is 13.7 Å². The molecule has 2 N–H and O–H groups in total. The molecule has 0 unspecified atom stereocenters. The van der Waals surface area contributed by atoms with Crippen LogP contribution in [0.15, 0.2) is 18.2 Å². The summed E-state index contributed by atoms with van der Waals surface area (Å²) in [6, 6.07) is 5.97. The molecule has 0 spiro atoms. The first kappa shape index (κ1) is 13.2. The lowest BCUT2D eigenvalue weighted by molar-refractivity contribution is -0.120. The van der Waals surface area contributed by atoms with Crippen molar-refractivity contribution in [3.8, 4) is 5.75 Å². The van der Waals surface area contributed by atoms with Gasteiger partial charge in [-0.05, 0) is 30.5 Å². The Morgan fingerprint density at radius 1 is 1.50 bits per heavy atom. The van der Waals surface area contributed by atoms with Gasteiger partial charge in [-0.1, -0.05) is 17.7 Å². The number of benzene rings is 1. The summed E-state index contributed by atoms with van der Waals surface area (Å²) < 4.78 is 5.07. The fourth-order valence-corrected chi connectivity index (χ4v) is 1.82. The zero-order chi connectivity index (χ0) is 13.0. The zero-order valence-corrected chi connectivity index (χ0v) is 11.1. The lowest BCUT2D eigenvalue weighted by Crippen LogP contribution is -2.34. The number of methoxy groups -OCH3 is 1. The van der Waals surface area contributed by atoms with Crippen LogP contribution < -0.4 is 15.4 Å². The van der Waals surface area contributed by atoms with Gasteiger partial charge in [-0.15, -0.1) is 0 Å². The molecule has 1 aromatic rings. The Morgan fingerprint density at radius 3 is 2.89 bits per heavy atom. The van der Waals surface area contributed by atoms with E-state index in [0.717, 1.165) is 5.56 Å². The Morgan fingerprint density at radius 2 is 2.28 bits per heavy atom. The Balaban J connectivity index is 1.79. The SMILES string of the molecule is COc1ccc(CNC(=O)CNC2CC2)c(Cl)c1. The minimum absolute atomic E-state index is 0.00575. The molecule has 1 aliphatic carbocycles. The number of hydrogen-bond donors (Lipinski definition) is 2. The number of carbonyl (C=O) groups is 1. The molecule has 0 bridgehead atoms. The Hall–Kier alpha value is -1.26. The van der Waals surface area contributed by atoms with Gasteiger partial charge in [0.2, 0.25) is 5.91 Å². The largest absolute Gasteiger partial charge is 0.497 e. The van der Waals surface area contributed by atoms with Gasteiger partial charge in [0.25, 0.3) is 0 Å². The zero-order valence-electron chi connectivity index (χ0n) is 10.3. The van der Waals surface area contributed by atoms with Crippen molar-refractivity contribution < 1.29 is 9.53 Å². The van der Waals surface area contributed by atoms with E-state index in [1.54, 1.807) is 13.2 Å². The molecule has 98 valence electrons. The highest BCUT2D eigenvalue weighted by molar-refractivity contribution is 6.31. The van der Waals surface area contributed by atoms with E-state index in [2.05, 4.69) is 10.6 Å². The lowest BCUT2D eigenvalue weighted by Gasteiger charge is -2.09. The Bertz CT molecular complexity index is 433. The van der Waals surface area contributed by atoms with Crippen molar-refractivity contribution in [1.29, 1.82) is 0 Å². The normalized spacial score (nSPS) is 14.3. The minimum Gasteiger partial charge on any atom is -0.497 e. The second-order valence-corrected chi connectivity index (χ2v) is 4.80. The summed E-state index contributed by atoms with van der Waals surface area (Å²) in [5, 5.41) is 6.60. The van der Waals surface area contributed by atoms with E-state index < -0.39 is 0 Å². The number of ether oxygens (including phenoxy) is 1. The van der Waals surface area contributed by atoms with Crippen LogP contribution in [-0.4, -0.2) is 25.6 Å². The third kappa shape index (κ3) is 3.89. The summed E-state index contributed by atoms with van der Waals surface area (Å²) in [6.45, 7) is 0.812. The molecule has 0 atom stereocenters. The first-order valence-corrected chi connectivity index (χ1v) is 6.39. The van der Waals surface area contributed by atoms with Gasteiger partial charge in [-0.25, -0.2) is 0 Å². The Labute approximate surface area is 112 Å². The van der Waals surface area contributed by atoms with E-state index in [1.165, 1.54) is 12.8 Å². The predicted octanol–water partition coefficient (Wildman–Crippen LogP) is 1.72. The van der Waals surface area contributed by atoms with E-state index in [-0.39, 0.29) is 5.91 Å². The molecule has 0 heterocycles. The van der Waals surface area contributed by atoms with Gasteiger partial charge in [0.15, 0.2) is 0 Å². The molecule has 5 heteroatoms. The van der Waals surface area contributed by atoms with Crippen molar-refractivity contribution in [2.45, 2.75) is 25.4 Å². The number of halogens is 1. The average Bonchev–Trinajstić information content (AvgIpc) is 3.18. The molecule has 4 nitrogen and oxygen atoms in total. The topological polar surface area (TPSA) is 50.4 Å². The van der Waals surface area contributed by atoms with Crippen LogP contribution in [0.5, 0.6) is 5.75 Å². The second kappa shape index (κ2) is 6.07. The predicted molar refractivity (Wildman–Crippen MR) is 70.9 cm³/mol. The van der Waals surface area contributed by atoms with E-state index >= 15 is 0 Å². The van der Waals surface area contributed by atoms with E-state index in [4.69, 9.17) is 16.3 Å². The highest BCUT2D eigenvalue weighted by atomic mass is 35.5. The maximum absolute atomic E-state index is 11.5. The van der Waals surface area contributed by atoms with Gasteiger partial charge >= 0.3 is 0 Å². The van der Waals surface area contributed by atoms with Crippen molar-refractivity contribution in [3.05, 3.63) is 28.8 Å². The summed E-state index contributed by atoms with van der Waals surface area (Å²) >= 11 is 6.08. The molecule has 0 radical (unpaired) electrons. The first-order chi connectivity index (χ1) is 8.69. The second-order valence-electron chi connectivity index (χ2n) is 4.39. The van der Waals surface area contributed by atoms with Crippen LogP contribution in [0.1, 0.15) is 18.4 Å². The van der Waals surface area contributed by atoms with Crippen molar-refractivity contribution in [2.24, 2.45) is 0 Å². The average molecular weight is 269 g/mol. The van der Waals surface area contributed by atoms with Crippen molar-refractivity contribution >= 4 is 17.5 Å². The van der Waals surface area contributed by atoms with Crippen LogP contribution >= 0.6 is 11.6 Å². The number of carbonyl (C=O) groups excluding carboxylic acids is 1. The highest BCUT2D eigenvalue weighted by Gasteiger charge is 2.20. The van der Waals surface area contributed by atoms with Gasteiger partial charge < -0.3 is 15.4 Å². The number of rotatable bonds is 6. The van der Waals surface area contributed by atoms with Crippen LogP contribution in [-0.2, 0) is 11.3 Å². The lowest BCUT2D eigenvalue weighted by atomic mass is 10.2. The molecule has 0 aliphatic heterocycles. The summed E-state index contributed by atoms with van der Waals surface area (Å²) in [6.07, 6.45) is 2.36. The minimum atomic E-state index is -0.00575. The van der Waals surface area contributed by atoms with Crippen molar-refractivity contribution in [1.82, 2.24) is 10.6 Å². The maximum Gasteiger partial charge on any atom is 0.234 e. The van der Waals surface area contributed by atoms with Crippen LogP contribution in [0, 0.1) is 0 Å². The third-order valence-electron chi connectivity index (χ3n) is 2.86. The molecule has 1 fully saturated rings. The standard InChI is InChI=1S/C13H17ClN2O2/c1-18-11-5-2-9(12(14)6-11)7-16-13(17)8-15-10-3-4-10/h2,5-6,10,15H,3-4,7-8H2,1H3,(H,16,17). The molecular weight excluding hydrogens is 252 g/mol. The van der Waals surface area contributed by atoms with Crippen LogP contribution in [0.3, 0.4) is 0 Å². The summed E-state index contributed by atoms with van der Waals surface area (Å²) in [7, 11) is 1.59. The van der Waals surface area contributed by atoms with Crippen LogP contribution in [0.4, 0.5) is 0 Å². The summed E-state index contributed by atoms with van der Waals surface area (Å²) in [5.74, 6) is 0.708. The van der Waals surface area contributed by atoms with E-state index in [1.807, 2.05) is 12.1 Å². The molecular formula is C13H17ClN2O2. The molecule has 18 heavy (non-hydrogen) atoms. The molecule has 1 amide bonds. The summed E-state index contributed by atoms with van der Waals surface area (Å²) in [5.41, 5.74) is 0.886. The number of hydrogen-bond acceptors (Lipinski definition) is 3.